The first-order valence-electron chi connectivity index (χ1n) is 9.30. The van der Waals surface area contributed by atoms with Crippen LogP contribution in [0.4, 0.5) is 5.69 Å². The van der Waals surface area contributed by atoms with Gasteiger partial charge >= 0.3 is 0 Å². The van der Waals surface area contributed by atoms with Gasteiger partial charge in [-0.15, -0.1) is 0 Å². The first-order valence-corrected chi connectivity index (χ1v) is 10.1. The van der Waals surface area contributed by atoms with Crippen molar-refractivity contribution >= 4 is 40.7 Å². The molecule has 0 atom stereocenters. The van der Waals surface area contributed by atoms with Gasteiger partial charge in [-0.1, -0.05) is 35.3 Å². The number of halogens is 2. The lowest BCUT2D eigenvalue weighted by Gasteiger charge is -2.29. The number of benzene rings is 2. The number of furan rings is 1. The molecule has 4 rings (SSSR count). The topological polar surface area (TPSA) is 42.7 Å². The summed E-state index contributed by atoms with van der Waals surface area (Å²) < 4.78 is 11.2. The lowest BCUT2D eigenvalue weighted by Crippen LogP contribution is -2.36. The summed E-state index contributed by atoms with van der Waals surface area (Å²) in [6.45, 7) is 3.07. The summed E-state index contributed by atoms with van der Waals surface area (Å²) in [5.41, 5.74) is 2.50. The van der Waals surface area contributed by atoms with Crippen molar-refractivity contribution in [2.45, 2.75) is 0 Å². The van der Waals surface area contributed by atoms with Gasteiger partial charge in [-0.05, 0) is 54.6 Å². The third kappa shape index (κ3) is 4.73. The molecule has 0 bridgehead atoms. The van der Waals surface area contributed by atoms with Crippen molar-refractivity contribution in [1.29, 1.82) is 0 Å². The smallest absolute Gasteiger partial charge is 0.186 e. The molecule has 0 saturated carbocycles. The van der Waals surface area contributed by atoms with Crippen molar-refractivity contribution in [3.63, 3.8) is 0 Å². The maximum Gasteiger partial charge on any atom is 0.186 e. The number of allylic oxidation sites excluding steroid dienone is 1. The molecule has 4 nitrogen and oxygen atoms in total. The molecule has 0 aliphatic carbocycles. The van der Waals surface area contributed by atoms with Crippen LogP contribution in [0, 0.1) is 0 Å². The monoisotopic (exact) mass is 427 g/mol. The van der Waals surface area contributed by atoms with Crippen molar-refractivity contribution in [3.05, 3.63) is 82.0 Å². The van der Waals surface area contributed by atoms with Crippen LogP contribution in [0.3, 0.4) is 0 Å². The van der Waals surface area contributed by atoms with E-state index in [1.54, 1.807) is 18.2 Å². The summed E-state index contributed by atoms with van der Waals surface area (Å²) in [7, 11) is 0. The average molecular weight is 428 g/mol. The number of hydrogen-bond donors (Lipinski definition) is 0. The van der Waals surface area contributed by atoms with Crippen LogP contribution in [0.5, 0.6) is 0 Å². The number of anilines is 1. The summed E-state index contributed by atoms with van der Waals surface area (Å²) >= 11 is 12.0. The molecule has 6 heteroatoms. The molecular weight excluding hydrogens is 409 g/mol. The van der Waals surface area contributed by atoms with Crippen LogP contribution in [0.1, 0.15) is 16.1 Å². The predicted molar refractivity (Wildman–Crippen MR) is 117 cm³/mol. The highest BCUT2D eigenvalue weighted by Gasteiger charge is 2.13. The van der Waals surface area contributed by atoms with Crippen molar-refractivity contribution in [1.82, 2.24) is 0 Å². The molecule has 1 aliphatic rings. The number of carbonyl (C=O) groups is 1. The van der Waals surface area contributed by atoms with Crippen LogP contribution < -0.4 is 4.90 Å². The Balaban J connectivity index is 1.47. The molecule has 0 N–H and O–H groups in total. The van der Waals surface area contributed by atoms with Gasteiger partial charge in [-0.3, -0.25) is 4.79 Å². The average Bonchev–Trinajstić information content (AvgIpc) is 3.24. The first-order chi connectivity index (χ1) is 14.1. The van der Waals surface area contributed by atoms with Crippen LogP contribution in [0.2, 0.25) is 10.0 Å². The zero-order valence-electron chi connectivity index (χ0n) is 15.6. The molecule has 2 aromatic carbocycles. The molecule has 0 radical (unpaired) electrons. The predicted octanol–water partition coefficient (Wildman–Crippen LogP) is 5.99. The lowest BCUT2D eigenvalue weighted by atomic mass is 10.1. The Kier molecular flexibility index (Phi) is 6.05. The second kappa shape index (κ2) is 8.87. The Morgan fingerprint density at radius 3 is 2.59 bits per heavy atom. The van der Waals surface area contributed by atoms with Gasteiger partial charge in [0.05, 0.1) is 23.3 Å². The molecule has 0 spiro atoms. The number of ketones is 1. The summed E-state index contributed by atoms with van der Waals surface area (Å²) in [5, 5.41) is 0.958. The van der Waals surface area contributed by atoms with Gasteiger partial charge in [0, 0.05) is 29.9 Å². The van der Waals surface area contributed by atoms with Gasteiger partial charge in [0.1, 0.15) is 11.5 Å². The minimum absolute atomic E-state index is 0.0763. The summed E-state index contributed by atoms with van der Waals surface area (Å²) in [6, 6.07) is 16.6. The highest BCUT2D eigenvalue weighted by Crippen LogP contribution is 2.30. The van der Waals surface area contributed by atoms with Gasteiger partial charge in [0.25, 0.3) is 0 Å². The molecule has 1 saturated heterocycles. The van der Waals surface area contributed by atoms with Gasteiger partial charge in [0.15, 0.2) is 5.78 Å². The zero-order chi connectivity index (χ0) is 20.2. The van der Waals surface area contributed by atoms with E-state index in [1.165, 1.54) is 6.08 Å². The molecule has 148 valence electrons. The van der Waals surface area contributed by atoms with E-state index in [0.29, 0.717) is 40.3 Å². The van der Waals surface area contributed by atoms with Crippen molar-refractivity contribution in [3.8, 4) is 11.3 Å². The summed E-state index contributed by atoms with van der Waals surface area (Å²) in [5.74, 6) is 1.17. The number of carbonyl (C=O) groups excluding carboxylic acids is 1. The standard InChI is InChI=1S/C23H19Cl2NO3/c24-20-7-4-17(15-21(20)25)23-9-6-19(29-23)5-8-22(27)16-2-1-3-18(14-16)26-10-12-28-13-11-26/h1-9,14-15H,10-13H2/b8-5+. The number of rotatable bonds is 5. The maximum atomic E-state index is 12.6. The molecule has 0 amide bonds. The van der Waals surface area contributed by atoms with Gasteiger partial charge in [-0.2, -0.15) is 0 Å². The van der Waals surface area contributed by atoms with Crippen LogP contribution >= 0.6 is 23.2 Å². The van der Waals surface area contributed by atoms with Gasteiger partial charge in [-0.25, -0.2) is 0 Å². The van der Waals surface area contributed by atoms with E-state index in [2.05, 4.69) is 4.90 Å². The molecule has 1 fully saturated rings. The third-order valence-corrected chi connectivity index (χ3v) is 5.48. The van der Waals surface area contributed by atoms with E-state index in [4.69, 9.17) is 32.4 Å². The van der Waals surface area contributed by atoms with E-state index < -0.39 is 0 Å². The Bertz CT molecular complexity index is 1050. The fraction of sp³-hybridized carbons (Fsp3) is 0.174. The van der Waals surface area contributed by atoms with Gasteiger partial charge in [0.2, 0.25) is 0 Å². The number of ether oxygens (including phenoxy) is 1. The van der Waals surface area contributed by atoms with Crippen molar-refractivity contribution in [2.75, 3.05) is 31.2 Å². The minimum atomic E-state index is -0.0763. The van der Waals surface area contributed by atoms with Crippen LogP contribution in [0.25, 0.3) is 17.4 Å². The molecule has 2 heterocycles. The van der Waals surface area contributed by atoms with Crippen molar-refractivity contribution < 1.29 is 13.9 Å². The molecule has 1 aromatic heterocycles. The van der Waals surface area contributed by atoms with E-state index >= 15 is 0 Å². The first kappa shape index (κ1) is 19.8. The van der Waals surface area contributed by atoms with Crippen molar-refractivity contribution in [2.24, 2.45) is 0 Å². The molecule has 3 aromatic rings. The maximum absolute atomic E-state index is 12.6. The largest absolute Gasteiger partial charge is 0.457 e. The molecule has 1 aliphatic heterocycles. The third-order valence-electron chi connectivity index (χ3n) is 4.74. The Morgan fingerprint density at radius 1 is 0.966 bits per heavy atom. The fourth-order valence-corrected chi connectivity index (χ4v) is 3.48. The van der Waals surface area contributed by atoms with Crippen LogP contribution in [0.15, 0.2) is 65.1 Å². The normalized spacial score (nSPS) is 14.5. The highest BCUT2D eigenvalue weighted by atomic mass is 35.5. The van der Waals surface area contributed by atoms with E-state index in [0.717, 1.165) is 24.3 Å². The highest BCUT2D eigenvalue weighted by molar-refractivity contribution is 6.42. The van der Waals surface area contributed by atoms with Crippen LogP contribution in [-0.4, -0.2) is 32.1 Å². The second-order valence-electron chi connectivity index (χ2n) is 6.68. The lowest BCUT2D eigenvalue weighted by molar-refractivity contribution is 0.104. The summed E-state index contributed by atoms with van der Waals surface area (Å²) in [4.78, 5) is 14.8. The Morgan fingerprint density at radius 2 is 1.79 bits per heavy atom. The van der Waals surface area contributed by atoms with E-state index in [9.17, 15) is 4.79 Å². The van der Waals surface area contributed by atoms with E-state index in [1.807, 2.05) is 42.5 Å². The molecule has 29 heavy (non-hydrogen) atoms. The molecular formula is C23H19Cl2NO3. The summed E-state index contributed by atoms with van der Waals surface area (Å²) in [6.07, 6.45) is 3.20. The number of hydrogen-bond acceptors (Lipinski definition) is 4. The van der Waals surface area contributed by atoms with E-state index in [-0.39, 0.29) is 5.78 Å². The zero-order valence-corrected chi connectivity index (χ0v) is 17.1. The SMILES string of the molecule is O=C(/C=C/c1ccc(-c2ccc(Cl)c(Cl)c2)o1)c1cccc(N2CCOCC2)c1. The Labute approximate surface area is 179 Å². The fourth-order valence-electron chi connectivity index (χ4n) is 3.18. The molecule has 0 unspecified atom stereocenters. The van der Waals surface area contributed by atoms with Crippen LogP contribution in [-0.2, 0) is 4.74 Å². The second-order valence-corrected chi connectivity index (χ2v) is 7.49. The minimum Gasteiger partial charge on any atom is -0.457 e. The Hall–Kier alpha value is -2.53. The number of nitrogens with zero attached hydrogens (tertiary/aromatic N) is 1. The van der Waals surface area contributed by atoms with Gasteiger partial charge < -0.3 is 14.1 Å². The number of morpholine rings is 1. The quantitative estimate of drug-likeness (QED) is 0.370.